The summed E-state index contributed by atoms with van der Waals surface area (Å²) in [6.45, 7) is 5.37. The van der Waals surface area contributed by atoms with Crippen molar-refractivity contribution in [3.8, 4) is 0 Å². The number of aryl methyl sites for hydroxylation is 1. The summed E-state index contributed by atoms with van der Waals surface area (Å²) in [5.41, 5.74) is 7.39. The van der Waals surface area contributed by atoms with Crippen molar-refractivity contribution >= 4 is 26.5 Å². The first-order valence-electron chi connectivity index (χ1n) is 6.00. The van der Waals surface area contributed by atoms with Crippen molar-refractivity contribution in [1.82, 2.24) is 4.72 Å². The van der Waals surface area contributed by atoms with E-state index in [1.54, 1.807) is 32.9 Å². The van der Waals surface area contributed by atoms with Gasteiger partial charge in [-0.1, -0.05) is 13.0 Å². The summed E-state index contributed by atoms with van der Waals surface area (Å²) in [6, 6.07) is 3.37. The molecule has 0 bridgehead atoms. The number of nitrogens with two attached hydrogens (primary N) is 1. The second-order valence-corrected chi connectivity index (χ2v) is 7.83. The topological polar surface area (TPSA) is 89.3 Å². The zero-order chi connectivity index (χ0) is 14.6. The first-order valence-corrected chi connectivity index (χ1v) is 8.97. The summed E-state index contributed by atoms with van der Waals surface area (Å²) < 4.78 is 38.2. The predicted octanol–water partition coefficient (Wildman–Crippen LogP) is 0.933. The zero-order valence-electron chi connectivity index (χ0n) is 11.4. The van der Waals surface area contributed by atoms with Crippen LogP contribution in [0.3, 0.4) is 0 Å². The van der Waals surface area contributed by atoms with Crippen LogP contribution in [0.15, 0.2) is 17.0 Å². The lowest BCUT2D eigenvalue weighted by atomic mass is 10.1. The number of sulfonamides is 1. The van der Waals surface area contributed by atoms with Crippen molar-refractivity contribution < 1.29 is 12.6 Å². The lowest BCUT2D eigenvalue weighted by molar-refractivity contribution is 0.582. The van der Waals surface area contributed by atoms with E-state index in [1.807, 2.05) is 0 Å². The summed E-state index contributed by atoms with van der Waals surface area (Å²) in [4.78, 5) is 0.217. The van der Waals surface area contributed by atoms with Gasteiger partial charge in [0.2, 0.25) is 10.0 Å². The fraction of sp³-hybridized carbons (Fsp3) is 0.500. The smallest absolute Gasteiger partial charge is 0.241 e. The molecule has 0 fully saturated rings. The summed E-state index contributed by atoms with van der Waals surface area (Å²) in [7, 11) is -4.60. The van der Waals surface area contributed by atoms with E-state index >= 15 is 0 Å². The molecule has 108 valence electrons. The minimum Gasteiger partial charge on any atom is -0.398 e. The fourth-order valence-electron chi connectivity index (χ4n) is 1.76. The quantitative estimate of drug-likeness (QED) is 0.765. The van der Waals surface area contributed by atoms with Gasteiger partial charge in [-0.3, -0.25) is 4.21 Å². The van der Waals surface area contributed by atoms with E-state index in [2.05, 4.69) is 4.72 Å². The van der Waals surface area contributed by atoms with Crippen LogP contribution in [0, 0.1) is 13.8 Å². The number of benzene rings is 1. The van der Waals surface area contributed by atoms with Crippen LogP contribution in [-0.4, -0.2) is 30.7 Å². The minimum absolute atomic E-state index is 0.163. The normalized spacial score (nSPS) is 13.4. The van der Waals surface area contributed by atoms with Gasteiger partial charge in [0, 0.05) is 34.5 Å². The van der Waals surface area contributed by atoms with Gasteiger partial charge in [0.25, 0.3) is 0 Å². The molecule has 1 rings (SSSR count). The average Bonchev–Trinajstić information content (AvgIpc) is 2.33. The molecule has 1 unspecified atom stereocenters. The Hall–Kier alpha value is -0.920. The third kappa shape index (κ3) is 4.02. The maximum absolute atomic E-state index is 12.2. The Labute approximate surface area is 117 Å². The second-order valence-electron chi connectivity index (χ2n) is 4.26. The molecule has 0 saturated heterocycles. The highest BCUT2D eigenvalue weighted by atomic mass is 32.2. The Kier molecular flexibility index (Phi) is 5.51. The van der Waals surface area contributed by atoms with Crippen molar-refractivity contribution in [2.45, 2.75) is 25.7 Å². The summed E-state index contributed by atoms with van der Waals surface area (Å²) in [5, 5.41) is 0. The van der Waals surface area contributed by atoms with E-state index in [1.165, 1.54) is 0 Å². The molecule has 19 heavy (non-hydrogen) atoms. The highest BCUT2D eigenvalue weighted by Crippen LogP contribution is 2.24. The molecule has 0 aromatic heterocycles. The van der Waals surface area contributed by atoms with Crippen LogP contribution >= 0.6 is 0 Å². The number of hydrogen-bond donors (Lipinski definition) is 2. The maximum Gasteiger partial charge on any atom is 0.241 e. The number of nitrogens with one attached hydrogen (secondary N) is 1. The maximum atomic E-state index is 12.2. The molecule has 0 aliphatic carbocycles. The third-order valence-corrected chi connectivity index (χ3v) is 5.91. The first-order chi connectivity index (χ1) is 8.79. The number of anilines is 1. The van der Waals surface area contributed by atoms with E-state index in [4.69, 9.17) is 5.73 Å². The monoisotopic (exact) mass is 304 g/mol. The average molecular weight is 304 g/mol. The molecule has 0 radical (unpaired) electrons. The molecule has 0 spiro atoms. The minimum atomic E-state index is -3.61. The molecule has 1 aromatic carbocycles. The molecule has 0 aliphatic rings. The number of nitrogen functional groups attached to an aromatic ring is 1. The van der Waals surface area contributed by atoms with Crippen molar-refractivity contribution in [1.29, 1.82) is 0 Å². The van der Waals surface area contributed by atoms with Crippen molar-refractivity contribution in [2.75, 3.05) is 23.8 Å². The standard InChI is InChI=1S/C12H20N2O3S2/c1-4-18(15)8-7-14-19(16,17)12-9(2)5-6-11(13)10(12)3/h5-6,14H,4,7-8,13H2,1-3H3. The second kappa shape index (κ2) is 6.49. The van der Waals surface area contributed by atoms with Crippen LogP contribution in [-0.2, 0) is 20.8 Å². The zero-order valence-corrected chi connectivity index (χ0v) is 13.0. The van der Waals surface area contributed by atoms with Gasteiger partial charge < -0.3 is 5.73 Å². The molecular formula is C12H20N2O3S2. The van der Waals surface area contributed by atoms with Gasteiger partial charge in [0.15, 0.2) is 0 Å². The van der Waals surface area contributed by atoms with Gasteiger partial charge in [-0.05, 0) is 31.0 Å². The van der Waals surface area contributed by atoms with Crippen LogP contribution < -0.4 is 10.5 Å². The molecular weight excluding hydrogens is 284 g/mol. The summed E-state index contributed by atoms with van der Waals surface area (Å²) >= 11 is 0. The first kappa shape index (κ1) is 16.1. The molecule has 0 amide bonds. The molecule has 0 saturated carbocycles. The van der Waals surface area contributed by atoms with Gasteiger partial charge in [-0.15, -0.1) is 0 Å². The van der Waals surface area contributed by atoms with Gasteiger partial charge in [0.1, 0.15) is 0 Å². The Bertz CT molecular complexity index is 583. The summed E-state index contributed by atoms with van der Waals surface area (Å²) in [6.07, 6.45) is 0. The van der Waals surface area contributed by atoms with Crippen LogP contribution in [0.5, 0.6) is 0 Å². The van der Waals surface area contributed by atoms with E-state index in [-0.39, 0.29) is 11.4 Å². The van der Waals surface area contributed by atoms with Crippen molar-refractivity contribution in [3.63, 3.8) is 0 Å². The lowest BCUT2D eigenvalue weighted by Gasteiger charge is -2.13. The van der Waals surface area contributed by atoms with Crippen molar-refractivity contribution in [3.05, 3.63) is 23.3 Å². The Balaban J connectivity index is 2.95. The highest BCUT2D eigenvalue weighted by molar-refractivity contribution is 7.89. The molecule has 5 nitrogen and oxygen atoms in total. The fourth-order valence-corrected chi connectivity index (χ4v) is 4.04. The molecule has 0 aliphatic heterocycles. The Morgan fingerprint density at radius 3 is 2.53 bits per heavy atom. The number of rotatable bonds is 6. The van der Waals surface area contributed by atoms with Gasteiger partial charge in [-0.25, -0.2) is 13.1 Å². The third-order valence-electron chi connectivity index (χ3n) is 2.86. The van der Waals surface area contributed by atoms with Crippen molar-refractivity contribution in [2.24, 2.45) is 0 Å². The van der Waals surface area contributed by atoms with Crippen LogP contribution in [0.2, 0.25) is 0 Å². The molecule has 7 heteroatoms. The van der Waals surface area contributed by atoms with Gasteiger partial charge >= 0.3 is 0 Å². The van der Waals surface area contributed by atoms with E-state index in [9.17, 15) is 12.6 Å². The highest BCUT2D eigenvalue weighted by Gasteiger charge is 2.20. The SMILES string of the molecule is CCS(=O)CCNS(=O)(=O)c1c(C)ccc(N)c1C. The van der Waals surface area contributed by atoms with Gasteiger partial charge in [-0.2, -0.15) is 0 Å². The number of hydrogen-bond acceptors (Lipinski definition) is 4. The van der Waals surface area contributed by atoms with E-state index < -0.39 is 20.8 Å². The largest absolute Gasteiger partial charge is 0.398 e. The summed E-state index contributed by atoms with van der Waals surface area (Å²) in [5.74, 6) is 0.841. The molecule has 1 aromatic rings. The predicted molar refractivity (Wildman–Crippen MR) is 79.1 cm³/mol. The molecule has 3 N–H and O–H groups in total. The Morgan fingerprint density at radius 2 is 1.95 bits per heavy atom. The van der Waals surface area contributed by atoms with E-state index in [0.717, 1.165) is 0 Å². The van der Waals surface area contributed by atoms with E-state index in [0.29, 0.717) is 28.3 Å². The molecule has 1 atom stereocenters. The Morgan fingerprint density at radius 1 is 1.32 bits per heavy atom. The van der Waals surface area contributed by atoms with Gasteiger partial charge in [0.05, 0.1) is 4.90 Å². The molecule has 0 heterocycles. The van der Waals surface area contributed by atoms with Crippen LogP contribution in [0.1, 0.15) is 18.1 Å². The van der Waals surface area contributed by atoms with Crippen LogP contribution in [0.25, 0.3) is 0 Å². The lowest BCUT2D eigenvalue weighted by Crippen LogP contribution is -2.29. The van der Waals surface area contributed by atoms with Crippen LogP contribution in [0.4, 0.5) is 5.69 Å².